The maximum atomic E-state index is 13.5. The monoisotopic (exact) mass is 555 g/mol. The van der Waals surface area contributed by atoms with Crippen molar-refractivity contribution in [1.82, 2.24) is 9.21 Å². The van der Waals surface area contributed by atoms with Gasteiger partial charge >= 0.3 is 0 Å². The molecule has 0 unspecified atom stereocenters. The summed E-state index contributed by atoms with van der Waals surface area (Å²) in [7, 11) is -4.53. The maximum Gasteiger partial charge on any atom is 0.261 e. The van der Waals surface area contributed by atoms with Crippen molar-refractivity contribution in [3.8, 4) is 11.5 Å². The van der Waals surface area contributed by atoms with Crippen molar-refractivity contribution in [3.05, 3.63) is 48.0 Å². The fourth-order valence-electron chi connectivity index (χ4n) is 3.86. The van der Waals surface area contributed by atoms with Crippen LogP contribution in [0.3, 0.4) is 0 Å². The van der Waals surface area contributed by atoms with Crippen LogP contribution in [0.15, 0.2) is 47.4 Å². The third-order valence-electron chi connectivity index (χ3n) is 6.29. The number of nitrogens with zero attached hydrogens (tertiary/aromatic N) is 2. The molecule has 1 aliphatic rings. The minimum absolute atomic E-state index is 0.0100. The van der Waals surface area contributed by atoms with Crippen molar-refractivity contribution < 1.29 is 36.2 Å². The van der Waals surface area contributed by atoms with Gasteiger partial charge in [0.15, 0.2) is 0 Å². The van der Waals surface area contributed by atoms with E-state index >= 15 is 0 Å². The first kappa shape index (κ1) is 28.7. The number of hydrogen-bond donors (Lipinski definition) is 2. The molecule has 0 aliphatic carbocycles. The summed E-state index contributed by atoms with van der Waals surface area (Å²) in [4.78, 5) is 15.0. The fourth-order valence-corrected chi connectivity index (χ4v) is 5.33. The molecule has 1 amide bonds. The molecule has 2 aromatic rings. The number of carbonyl (C=O) groups excluding carboxylic acids is 1. The number of benzene rings is 2. The highest BCUT2D eigenvalue weighted by Gasteiger charge is 2.34. The van der Waals surface area contributed by atoms with Crippen LogP contribution in [0.5, 0.6) is 11.5 Å². The molecule has 3 rings (SSSR count). The molecule has 2 aromatic carbocycles. The lowest BCUT2D eigenvalue weighted by Crippen LogP contribution is -2.50. The molecule has 13 heteroatoms. The van der Waals surface area contributed by atoms with E-state index in [1.165, 1.54) is 65.8 Å². The van der Waals surface area contributed by atoms with Crippen molar-refractivity contribution in [1.29, 1.82) is 0 Å². The Labute approximate surface area is 218 Å². The number of methoxy groups -OCH3 is 1. The lowest BCUT2D eigenvalue weighted by atomic mass is 9.99. The summed E-state index contributed by atoms with van der Waals surface area (Å²) in [6.45, 7) is 3.49. The average molecular weight is 556 g/mol. The zero-order valence-corrected chi connectivity index (χ0v) is 23.0. The summed E-state index contributed by atoms with van der Waals surface area (Å²) in [5.41, 5.74) is 0.232. The molecular formula is C24H33N3O8S2. The van der Waals surface area contributed by atoms with Gasteiger partial charge in [0, 0.05) is 25.2 Å². The van der Waals surface area contributed by atoms with Gasteiger partial charge in [0.25, 0.3) is 15.9 Å². The molecule has 0 radical (unpaired) electrons. The van der Waals surface area contributed by atoms with Gasteiger partial charge in [-0.2, -0.15) is 0 Å². The van der Waals surface area contributed by atoms with Crippen molar-refractivity contribution in [2.24, 2.45) is 5.92 Å². The molecule has 37 heavy (non-hydrogen) atoms. The summed E-state index contributed by atoms with van der Waals surface area (Å²) in [5.74, 6) is -0.0236. The van der Waals surface area contributed by atoms with Crippen molar-refractivity contribution >= 4 is 31.6 Å². The molecule has 3 atom stereocenters. The molecule has 2 N–H and O–H groups in total. The third kappa shape index (κ3) is 6.72. The molecule has 1 aliphatic heterocycles. The van der Waals surface area contributed by atoms with Crippen molar-refractivity contribution in [2.45, 2.75) is 30.9 Å². The zero-order chi connectivity index (χ0) is 27.5. The number of carbonyl (C=O) groups is 1. The number of fused-ring (bicyclic) bond motifs is 1. The van der Waals surface area contributed by atoms with Gasteiger partial charge in [-0.1, -0.05) is 6.92 Å². The zero-order valence-electron chi connectivity index (χ0n) is 21.4. The highest BCUT2D eigenvalue weighted by Crippen LogP contribution is 2.31. The topological polar surface area (TPSA) is 143 Å². The third-order valence-corrected chi connectivity index (χ3v) is 8.97. The number of sulfonamides is 2. The second-order valence-corrected chi connectivity index (χ2v) is 12.9. The van der Waals surface area contributed by atoms with E-state index in [9.17, 15) is 26.7 Å². The van der Waals surface area contributed by atoms with Gasteiger partial charge < -0.3 is 19.5 Å². The molecule has 1 heterocycles. The number of anilines is 1. The summed E-state index contributed by atoms with van der Waals surface area (Å²) in [5, 5.41) is 9.78. The summed E-state index contributed by atoms with van der Waals surface area (Å²) in [6.07, 6.45) is 0.487. The van der Waals surface area contributed by atoms with Crippen LogP contribution in [0.4, 0.5) is 5.69 Å². The molecule has 0 aromatic heterocycles. The van der Waals surface area contributed by atoms with Crippen LogP contribution >= 0.6 is 0 Å². The van der Waals surface area contributed by atoms with Gasteiger partial charge in [-0.3, -0.25) is 9.52 Å². The minimum atomic E-state index is -3.97. The number of likely N-dealkylation sites (N-methyl/N-ethyl adjacent to an activating group) is 1. The number of amides is 1. The molecule has 0 saturated heterocycles. The molecule has 0 spiro atoms. The molecule has 0 fully saturated rings. The summed E-state index contributed by atoms with van der Waals surface area (Å²) < 4.78 is 64.7. The van der Waals surface area contributed by atoms with Crippen LogP contribution in [-0.2, 0) is 20.0 Å². The van der Waals surface area contributed by atoms with Crippen LogP contribution < -0.4 is 14.2 Å². The Bertz CT molecular complexity index is 1330. The fraction of sp³-hybridized carbons (Fsp3) is 0.458. The van der Waals surface area contributed by atoms with Gasteiger partial charge in [-0.05, 0) is 49.4 Å². The first-order valence-electron chi connectivity index (χ1n) is 11.6. The predicted molar refractivity (Wildman–Crippen MR) is 139 cm³/mol. The Kier molecular flexibility index (Phi) is 8.73. The van der Waals surface area contributed by atoms with Crippen LogP contribution in [0.1, 0.15) is 24.2 Å². The minimum Gasteiger partial charge on any atom is -0.497 e. The highest BCUT2D eigenvalue weighted by molar-refractivity contribution is 7.92. The largest absolute Gasteiger partial charge is 0.497 e. The summed E-state index contributed by atoms with van der Waals surface area (Å²) in [6, 6.07) is 9.64. The molecule has 11 nitrogen and oxygen atoms in total. The van der Waals surface area contributed by atoms with Crippen molar-refractivity contribution in [2.75, 3.05) is 44.8 Å². The molecule has 0 bridgehead atoms. The van der Waals surface area contributed by atoms with Gasteiger partial charge in [0.1, 0.15) is 17.6 Å². The quantitative estimate of drug-likeness (QED) is 0.475. The van der Waals surface area contributed by atoms with Crippen molar-refractivity contribution in [3.63, 3.8) is 0 Å². The van der Waals surface area contributed by atoms with Crippen LogP contribution in [-0.4, -0.2) is 89.3 Å². The lowest BCUT2D eigenvalue weighted by molar-refractivity contribution is 0.0387. The molecular weight excluding hydrogens is 522 g/mol. The SMILES string of the molecule is COc1ccc(S(=O)(=O)Nc2ccc3c(c2)C(=O)N([C@H](C)CO)C[C@H](C)[C@H](CN(C)S(C)(=O)=O)O3)cc1. The Morgan fingerprint density at radius 1 is 1.19 bits per heavy atom. The van der Waals surface area contributed by atoms with Crippen LogP contribution in [0.25, 0.3) is 0 Å². The Morgan fingerprint density at radius 2 is 1.84 bits per heavy atom. The first-order valence-corrected chi connectivity index (χ1v) is 14.9. The van der Waals surface area contributed by atoms with Gasteiger partial charge in [-0.25, -0.2) is 21.1 Å². The van der Waals surface area contributed by atoms with E-state index in [0.29, 0.717) is 5.75 Å². The van der Waals surface area contributed by atoms with E-state index in [0.717, 1.165) is 6.26 Å². The number of rotatable bonds is 9. The van der Waals surface area contributed by atoms with Crippen LogP contribution in [0, 0.1) is 5.92 Å². The molecule has 204 valence electrons. The normalized spacial score (nSPS) is 19.4. The molecule has 0 saturated carbocycles. The Balaban J connectivity index is 2.00. The van der Waals surface area contributed by atoms with Gasteiger partial charge in [0.2, 0.25) is 10.0 Å². The second-order valence-electron chi connectivity index (χ2n) is 9.16. The second kappa shape index (κ2) is 11.3. The predicted octanol–water partition coefficient (Wildman–Crippen LogP) is 1.61. The summed E-state index contributed by atoms with van der Waals surface area (Å²) >= 11 is 0. The first-order chi connectivity index (χ1) is 17.3. The standard InChI is InChI=1S/C24H33N3O8S2/c1-16-13-27(17(2)15-28)24(29)21-12-18(25-37(32,33)20-9-7-19(34-4)8-10-20)6-11-22(21)35-23(16)14-26(3)36(5,30)31/h6-12,16-17,23,25,28H,13-15H2,1-5H3/t16-,17+,23-/m0/s1. The van der Waals surface area contributed by atoms with E-state index < -0.39 is 38.1 Å². The van der Waals surface area contributed by atoms with Crippen LogP contribution in [0.2, 0.25) is 0 Å². The van der Waals surface area contributed by atoms with E-state index in [-0.39, 0.29) is 47.5 Å². The number of ether oxygens (including phenoxy) is 2. The van der Waals surface area contributed by atoms with E-state index in [2.05, 4.69) is 4.72 Å². The number of nitrogens with one attached hydrogen (secondary N) is 1. The van der Waals surface area contributed by atoms with E-state index in [4.69, 9.17) is 9.47 Å². The van der Waals surface area contributed by atoms with Gasteiger partial charge in [-0.15, -0.1) is 0 Å². The smallest absolute Gasteiger partial charge is 0.261 e. The Hall–Kier alpha value is -2.87. The average Bonchev–Trinajstić information content (AvgIpc) is 2.85. The number of aliphatic hydroxyl groups is 1. The Morgan fingerprint density at radius 3 is 2.41 bits per heavy atom. The maximum absolute atomic E-state index is 13.5. The highest BCUT2D eigenvalue weighted by atomic mass is 32.2. The van der Waals surface area contributed by atoms with E-state index in [1.807, 2.05) is 6.92 Å². The number of hydrogen-bond acceptors (Lipinski definition) is 8. The lowest BCUT2D eigenvalue weighted by Gasteiger charge is -2.38. The number of aliphatic hydroxyl groups excluding tert-OH is 1. The van der Waals surface area contributed by atoms with Gasteiger partial charge in [0.05, 0.1) is 43.0 Å². The van der Waals surface area contributed by atoms with E-state index in [1.54, 1.807) is 6.92 Å².